The minimum atomic E-state index is -0.481. The van der Waals surface area contributed by atoms with E-state index in [1.54, 1.807) is 6.92 Å². The molecule has 1 aromatic heterocycles. The van der Waals surface area contributed by atoms with Crippen LogP contribution in [-0.2, 0) is 6.54 Å². The molecular formula is C13H12N2O2. The first-order valence-corrected chi connectivity index (χ1v) is 5.26. The van der Waals surface area contributed by atoms with Gasteiger partial charge in [0.1, 0.15) is 6.54 Å². The van der Waals surface area contributed by atoms with Crippen LogP contribution in [0.25, 0.3) is 11.5 Å². The summed E-state index contributed by atoms with van der Waals surface area (Å²) in [4.78, 5) is 11.5. The Bertz CT molecular complexity index is 641. The fourth-order valence-electron chi connectivity index (χ4n) is 1.48. The van der Waals surface area contributed by atoms with E-state index in [0.29, 0.717) is 5.89 Å². The third-order valence-corrected chi connectivity index (χ3v) is 2.39. The number of benzene rings is 1. The summed E-state index contributed by atoms with van der Waals surface area (Å²) in [5.41, 5.74) is 1.84. The molecular weight excluding hydrogens is 216 g/mol. The van der Waals surface area contributed by atoms with Gasteiger partial charge in [-0.15, -0.1) is 11.0 Å². The average molecular weight is 228 g/mol. The number of hydrogen-bond donors (Lipinski definition) is 0. The van der Waals surface area contributed by atoms with Gasteiger partial charge in [-0.1, -0.05) is 24.1 Å². The standard InChI is InChI=1S/C13H12N2O2/c1-3-4-9-15-13(16)17-12(14-15)11-8-6-5-7-10(11)2/h5-8H,9H2,1-2H3. The minimum absolute atomic E-state index is 0.255. The molecule has 0 aliphatic carbocycles. The molecule has 0 N–H and O–H groups in total. The average Bonchev–Trinajstić information content (AvgIpc) is 2.68. The fourth-order valence-corrected chi connectivity index (χ4v) is 1.48. The number of aryl methyl sites for hydroxylation is 1. The van der Waals surface area contributed by atoms with Gasteiger partial charge in [0.05, 0.1) is 0 Å². The van der Waals surface area contributed by atoms with Crippen LogP contribution in [0.4, 0.5) is 0 Å². The SMILES string of the molecule is CC#CCn1nc(-c2ccccc2C)oc1=O. The molecule has 0 radical (unpaired) electrons. The van der Waals surface area contributed by atoms with Crippen molar-refractivity contribution < 1.29 is 4.42 Å². The normalized spacial score (nSPS) is 9.76. The van der Waals surface area contributed by atoms with E-state index < -0.39 is 5.76 Å². The van der Waals surface area contributed by atoms with Crippen molar-refractivity contribution in [2.75, 3.05) is 0 Å². The molecule has 0 aliphatic rings. The largest absolute Gasteiger partial charge is 0.438 e. The highest BCUT2D eigenvalue weighted by Gasteiger charge is 2.10. The summed E-state index contributed by atoms with van der Waals surface area (Å²) in [6.45, 7) is 3.91. The van der Waals surface area contributed by atoms with E-state index >= 15 is 0 Å². The van der Waals surface area contributed by atoms with Crippen molar-refractivity contribution in [3.8, 4) is 23.3 Å². The molecule has 1 aromatic carbocycles. The van der Waals surface area contributed by atoms with Gasteiger partial charge in [0, 0.05) is 5.56 Å². The molecule has 2 aromatic rings. The van der Waals surface area contributed by atoms with Crippen LogP contribution < -0.4 is 5.76 Å². The Labute approximate surface area is 98.9 Å². The summed E-state index contributed by atoms with van der Waals surface area (Å²) in [5.74, 6) is 5.35. The van der Waals surface area contributed by atoms with Gasteiger partial charge in [-0.25, -0.2) is 4.79 Å². The van der Waals surface area contributed by atoms with Crippen LogP contribution in [0.1, 0.15) is 12.5 Å². The number of nitrogens with zero attached hydrogens (tertiary/aromatic N) is 2. The first-order chi connectivity index (χ1) is 8.22. The maximum absolute atomic E-state index is 11.5. The summed E-state index contributed by atoms with van der Waals surface area (Å²) in [6.07, 6.45) is 0. The number of aromatic nitrogens is 2. The van der Waals surface area contributed by atoms with Gasteiger partial charge in [-0.05, 0) is 25.5 Å². The summed E-state index contributed by atoms with van der Waals surface area (Å²) in [6, 6.07) is 7.63. The molecule has 4 heteroatoms. The molecule has 0 saturated heterocycles. The van der Waals surface area contributed by atoms with Crippen LogP contribution in [-0.4, -0.2) is 9.78 Å². The zero-order valence-electron chi connectivity index (χ0n) is 9.73. The summed E-state index contributed by atoms with van der Waals surface area (Å²) in [7, 11) is 0. The van der Waals surface area contributed by atoms with Crippen LogP contribution in [0.15, 0.2) is 33.5 Å². The summed E-state index contributed by atoms with van der Waals surface area (Å²) >= 11 is 0. The topological polar surface area (TPSA) is 48.0 Å². The van der Waals surface area contributed by atoms with Crippen LogP contribution in [0.3, 0.4) is 0 Å². The second kappa shape index (κ2) is 4.71. The predicted octanol–water partition coefficient (Wildman–Crippen LogP) is 1.84. The minimum Gasteiger partial charge on any atom is -0.388 e. The molecule has 4 nitrogen and oxygen atoms in total. The van der Waals surface area contributed by atoms with E-state index in [1.165, 1.54) is 4.68 Å². The Morgan fingerprint density at radius 3 is 2.88 bits per heavy atom. The highest BCUT2D eigenvalue weighted by Crippen LogP contribution is 2.19. The molecule has 0 amide bonds. The Hall–Kier alpha value is -2.28. The van der Waals surface area contributed by atoms with Crippen molar-refractivity contribution >= 4 is 0 Å². The highest BCUT2D eigenvalue weighted by atomic mass is 16.4. The van der Waals surface area contributed by atoms with E-state index in [1.807, 2.05) is 31.2 Å². The predicted molar refractivity (Wildman–Crippen MR) is 64.4 cm³/mol. The zero-order valence-corrected chi connectivity index (χ0v) is 9.73. The van der Waals surface area contributed by atoms with Gasteiger partial charge in [-0.3, -0.25) is 0 Å². The van der Waals surface area contributed by atoms with Crippen molar-refractivity contribution in [3.63, 3.8) is 0 Å². The molecule has 86 valence electrons. The first kappa shape index (κ1) is 11.2. The molecule has 2 rings (SSSR count). The molecule has 0 bridgehead atoms. The van der Waals surface area contributed by atoms with Crippen LogP contribution >= 0.6 is 0 Å². The number of hydrogen-bond acceptors (Lipinski definition) is 3. The second-order valence-electron chi connectivity index (χ2n) is 3.57. The molecule has 0 fully saturated rings. The quantitative estimate of drug-likeness (QED) is 0.737. The van der Waals surface area contributed by atoms with Gasteiger partial charge in [0.25, 0.3) is 0 Å². The monoisotopic (exact) mass is 228 g/mol. The van der Waals surface area contributed by atoms with Crippen molar-refractivity contribution in [2.45, 2.75) is 20.4 Å². The first-order valence-electron chi connectivity index (χ1n) is 5.26. The molecule has 0 aliphatic heterocycles. The maximum atomic E-state index is 11.5. The zero-order chi connectivity index (χ0) is 12.3. The lowest BCUT2D eigenvalue weighted by Gasteiger charge is -1.98. The van der Waals surface area contributed by atoms with E-state index in [-0.39, 0.29) is 6.54 Å². The molecule has 0 saturated carbocycles. The maximum Gasteiger partial charge on any atom is 0.438 e. The lowest BCUT2D eigenvalue weighted by atomic mass is 10.1. The van der Waals surface area contributed by atoms with E-state index in [2.05, 4.69) is 16.9 Å². The van der Waals surface area contributed by atoms with Crippen LogP contribution in [0.2, 0.25) is 0 Å². The lowest BCUT2D eigenvalue weighted by molar-refractivity contribution is 0.498. The Morgan fingerprint density at radius 2 is 2.18 bits per heavy atom. The summed E-state index contributed by atoms with van der Waals surface area (Å²) in [5, 5.41) is 4.11. The summed E-state index contributed by atoms with van der Waals surface area (Å²) < 4.78 is 6.33. The van der Waals surface area contributed by atoms with Crippen molar-refractivity contribution in [3.05, 3.63) is 40.4 Å². The molecule has 0 unspecified atom stereocenters. The molecule has 1 heterocycles. The third kappa shape index (κ3) is 2.28. The molecule has 17 heavy (non-hydrogen) atoms. The fraction of sp³-hybridized carbons (Fsp3) is 0.231. The lowest BCUT2D eigenvalue weighted by Crippen LogP contribution is -2.14. The van der Waals surface area contributed by atoms with Crippen LogP contribution in [0.5, 0.6) is 0 Å². The molecule has 0 spiro atoms. The van der Waals surface area contributed by atoms with Gasteiger partial charge >= 0.3 is 5.76 Å². The smallest absolute Gasteiger partial charge is 0.388 e. The van der Waals surface area contributed by atoms with Gasteiger partial charge < -0.3 is 4.42 Å². The number of rotatable bonds is 2. The van der Waals surface area contributed by atoms with E-state index in [0.717, 1.165) is 11.1 Å². The Morgan fingerprint density at radius 1 is 1.41 bits per heavy atom. The van der Waals surface area contributed by atoms with Crippen LogP contribution in [0, 0.1) is 18.8 Å². The van der Waals surface area contributed by atoms with Gasteiger partial charge in [-0.2, -0.15) is 4.68 Å². The highest BCUT2D eigenvalue weighted by molar-refractivity contribution is 5.57. The Kier molecular flexibility index (Phi) is 3.10. The second-order valence-corrected chi connectivity index (χ2v) is 3.57. The van der Waals surface area contributed by atoms with Crippen molar-refractivity contribution in [1.82, 2.24) is 9.78 Å². The van der Waals surface area contributed by atoms with Gasteiger partial charge in [0.15, 0.2) is 0 Å². The molecule has 0 atom stereocenters. The van der Waals surface area contributed by atoms with Crippen molar-refractivity contribution in [1.29, 1.82) is 0 Å². The van der Waals surface area contributed by atoms with Crippen molar-refractivity contribution in [2.24, 2.45) is 0 Å². The van der Waals surface area contributed by atoms with Gasteiger partial charge in [0.2, 0.25) is 5.89 Å². The van der Waals surface area contributed by atoms with E-state index in [9.17, 15) is 4.79 Å². The Balaban J connectivity index is 2.44. The van der Waals surface area contributed by atoms with E-state index in [4.69, 9.17) is 4.42 Å². The third-order valence-electron chi connectivity index (χ3n) is 2.39.